The Morgan fingerprint density at radius 3 is 3.06 bits per heavy atom. The summed E-state index contributed by atoms with van der Waals surface area (Å²) in [5.41, 5.74) is 0. The van der Waals surface area contributed by atoms with Crippen molar-refractivity contribution in [1.29, 1.82) is 0 Å². The van der Waals surface area contributed by atoms with Crippen LogP contribution in [0.2, 0.25) is 0 Å². The third-order valence-corrected chi connectivity index (χ3v) is 3.64. The van der Waals surface area contributed by atoms with E-state index < -0.39 is 0 Å². The fourth-order valence-electron chi connectivity index (χ4n) is 1.64. The molecule has 0 aliphatic carbocycles. The summed E-state index contributed by atoms with van der Waals surface area (Å²) in [6.45, 7) is 2.33. The van der Waals surface area contributed by atoms with E-state index in [1.54, 1.807) is 12.4 Å². The number of hydrogen-bond acceptors (Lipinski definition) is 4. The maximum atomic E-state index is 11.6. The summed E-state index contributed by atoms with van der Waals surface area (Å²) in [5.74, 6) is 1.03. The molecule has 0 radical (unpaired) electrons. The van der Waals surface area contributed by atoms with Crippen LogP contribution in [0.25, 0.3) is 0 Å². The Kier molecular flexibility index (Phi) is 4.82. The summed E-state index contributed by atoms with van der Waals surface area (Å²) in [5, 5.41) is 2.94. The first-order valence-corrected chi connectivity index (χ1v) is 6.70. The van der Waals surface area contributed by atoms with Crippen molar-refractivity contribution in [1.82, 2.24) is 10.3 Å². The van der Waals surface area contributed by atoms with Gasteiger partial charge in [0.05, 0.1) is 12.4 Å². The molecule has 0 spiro atoms. The van der Waals surface area contributed by atoms with Crippen molar-refractivity contribution in [2.75, 3.05) is 25.5 Å². The highest BCUT2D eigenvalue weighted by Crippen LogP contribution is 2.15. The van der Waals surface area contributed by atoms with Gasteiger partial charge >= 0.3 is 0 Å². The Bertz CT molecular complexity index is 353. The molecule has 2 heterocycles. The van der Waals surface area contributed by atoms with Gasteiger partial charge in [-0.2, -0.15) is 0 Å². The fraction of sp³-hybridized carbons (Fsp3) is 0.500. The molecule has 0 aromatic carbocycles. The fourth-order valence-corrected chi connectivity index (χ4v) is 2.35. The van der Waals surface area contributed by atoms with Gasteiger partial charge in [0, 0.05) is 36.4 Å². The van der Waals surface area contributed by atoms with Crippen molar-refractivity contribution in [3.8, 4) is 0 Å². The Morgan fingerprint density at radius 1 is 1.53 bits per heavy atom. The minimum absolute atomic E-state index is 0.0821. The number of carbonyl (C=O) groups is 1. The summed E-state index contributed by atoms with van der Waals surface area (Å²) < 4.78 is 5.26. The standard InChI is InChI=1S/C12H16N2O2S/c15-12(14-7-10-3-6-16-8-10)9-17-11-1-4-13-5-2-11/h1-2,4-5,10H,3,6-9H2,(H,14,15)/t10-/m0/s1. The van der Waals surface area contributed by atoms with E-state index >= 15 is 0 Å². The highest BCUT2D eigenvalue weighted by Gasteiger charge is 2.16. The van der Waals surface area contributed by atoms with Crippen molar-refractivity contribution in [3.05, 3.63) is 24.5 Å². The molecule has 1 atom stereocenters. The molecule has 1 aliphatic rings. The summed E-state index contributed by atoms with van der Waals surface area (Å²) in [6.07, 6.45) is 4.52. The Labute approximate surface area is 105 Å². The maximum absolute atomic E-state index is 11.6. The zero-order valence-electron chi connectivity index (χ0n) is 9.59. The summed E-state index contributed by atoms with van der Waals surface area (Å²) >= 11 is 1.53. The van der Waals surface area contributed by atoms with Crippen LogP contribution in [-0.4, -0.2) is 36.4 Å². The number of carbonyl (C=O) groups excluding carboxylic acids is 1. The molecular formula is C12H16N2O2S. The van der Waals surface area contributed by atoms with Gasteiger partial charge in [-0.3, -0.25) is 9.78 Å². The summed E-state index contributed by atoms with van der Waals surface area (Å²) in [7, 11) is 0. The molecule has 5 heteroatoms. The van der Waals surface area contributed by atoms with Crippen LogP contribution in [-0.2, 0) is 9.53 Å². The van der Waals surface area contributed by atoms with Gasteiger partial charge in [0.2, 0.25) is 5.91 Å². The SMILES string of the molecule is O=C(CSc1ccncc1)NC[C@@H]1CCOC1. The zero-order valence-corrected chi connectivity index (χ0v) is 10.4. The quantitative estimate of drug-likeness (QED) is 0.803. The Hall–Kier alpha value is -1.07. The van der Waals surface area contributed by atoms with E-state index in [1.165, 1.54) is 11.8 Å². The molecule has 0 bridgehead atoms. The second kappa shape index (κ2) is 6.61. The van der Waals surface area contributed by atoms with Crippen LogP contribution in [0.3, 0.4) is 0 Å². The number of rotatable bonds is 5. The summed E-state index contributed by atoms with van der Waals surface area (Å²) in [4.78, 5) is 16.6. The number of ether oxygens (including phenoxy) is 1. The van der Waals surface area contributed by atoms with E-state index in [2.05, 4.69) is 10.3 Å². The molecule has 1 aromatic rings. The first-order valence-electron chi connectivity index (χ1n) is 5.72. The number of hydrogen-bond donors (Lipinski definition) is 1. The van der Waals surface area contributed by atoms with Crippen LogP contribution in [0.15, 0.2) is 29.4 Å². The highest BCUT2D eigenvalue weighted by atomic mass is 32.2. The predicted molar refractivity (Wildman–Crippen MR) is 66.9 cm³/mol. The molecule has 92 valence electrons. The van der Waals surface area contributed by atoms with Crippen molar-refractivity contribution in [2.45, 2.75) is 11.3 Å². The largest absolute Gasteiger partial charge is 0.381 e. The molecule has 4 nitrogen and oxygen atoms in total. The van der Waals surface area contributed by atoms with Gasteiger partial charge in [-0.05, 0) is 18.6 Å². The van der Waals surface area contributed by atoms with Crippen molar-refractivity contribution in [3.63, 3.8) is 0 Å². The average Bonchev–Trinajstić information content (AvgIpc) is 2.88. The number of nitrogens with one attached hydrogen (secondary N) is 1. The van der Waals surface area contributed by atoms with Gasteiger partial charge in [-0.15, -0.1) is 11.8 Å². The molecule has 1 aliphatic heterocycles. The topological polar surface area (TPSA) is 51.2 Å². The maximum Gasteiger partial charge on any atom is 0.230 e. The minimum Gasteiger partial charge on any atom is -0.381 e. The monoisotopic (exact) mass is 252 g/mol. The number of aromatic nitrogens is 1. The lowest BCUT2D eigenvalue weighted by molar-refractivity contribution is -0.118. The van der Waals surface area contributed by atoms with Gasteiger partial charge in [0.25, 0.3) is 0 Å². The third-order valence-electron chi connectivity index (χ3n) is 2.63. The lowest BCUT2D eigenvalue weighted by atomic mass is 10.1. The normalized spacial score (nSPS) is 19.2. The summed E-state index contributed by atoms with van der Waals surface area (Å²) in [6, 6.07) is 3.81. The van der Waals surface area contributed by atoms with Crippen molar-refractivity contribution < 1.29 is 9.53 Å². The molecule has 1 saturated heterocycles. The molecule has 1 N–H and O–H groups in total. The number of amides is 1. The van der Waals surface area contributed by atoms with Crippen LogP contribution >= 0.6 is 11.8 Å². The third kappa shape index (κ3) is 4.36. The van der Waals surface area contributed by atoms with Gasteiger partial charge in [0.1, 0.15) is 0 Å². The van der Waals surface area contributed by atoms with Crippen LogP contribution in [0, 0.1) is 5.92 Å². The first kappa shape index (κ1) is 12.4. The molecule has 0 saturated carbocycles. The molecule has 1 amide bonds. The van der Waals surface area contributed by atoms with Gasteiger partial charge in [0.15, 0.2) is 0 Å². The number of pyridine rings is 1. The molecule has 1 aromatic heterocycles. The molecule has 2 rings (SSSR count). The smallest absolute Gasteiger partial charge is 0.230 e. The van der Waals surface area contributed by atoms with E-state index in [9.17, 15) is 4.79 Å². The number of thioether (sulfide) groups is 1. The molecular weight excluding hydrogens is 236 g/mol. The van der Waals surface area contributed by atoms with Crippen LogP contribution in [0.4, 0.5) is 0 Å². The molecule has 1 fully saturated rings. The first-order chi connectivity index (χ1) is 8.34. The second-order valence-corrected chi connectivity index (χ2v) is 5.05. The van der Waals surface area contributed by atoms with Gasteiger partial charge in [-0.1, -0.05) is 0 Å². The van der Waals surface area contributed by atoms with E-state index in [-0.39, 0.29) is 5.91 Å². The van der Waals surface area contributed by atoms with Gasteiger partial charge in [-0.25, -0.2) is 0 Å². The average molecular weight is 252 g/mol. The van der Waals surface area contributed by atoms with Crippen molar-refractivity contribution >= 4 is 17.7 Å². The number of nitrogens with zero attached hydrogens (tertiary/aromatic N) is 1. The molecule has 17 heavy (non-hydrogen) atoms. The second-order valence-electron chi connectivity index (χ2n) is 4.01. The van der Waals surface area contributed by atoms with Crippen LogP contribution in [0.1, 0.15) is 6.42 Å². The lowest BCUT2D eigenvalue weighted by Gasteiger charge is -2.09. The Balaban J connectivity index is 1.64. The van der Waals surface area contributed by atoms with Crippen LogP contribution < -0.4 is 5.32 Å². The van der Waals surface area contributed by atoms with E-state index in [0.717, 1.165) is 31.1 Å². The van der Waals surface area contributed by atoms with Gasteiger partial charge < -0.3 is 10.1 Å². The lowest BCUT2D eigenvalue weighted by Crippen LogP contribution is -2.30. The van der Waals surface area contributed by atoms with E-state index in [0.29, 0.717) is 11.7 Å². The predicted octanol–water partition coefficient (Wildman–Crippen LogP) is 1.33. The van der Waals surface area contributed by atoms with E-state index in [1.807, 2.05) is 12.1 Å². The Morgan fingerprint density at radius 2 is 2.35 bits per heavy atom. The van der Waals surface area contributed by atoms with E-state index in [4.69, 9.17) is 4.74 Å². The zero-order chi connectivity index (χ0) is 11.9. The van der Waals surface area contributed by atoms with Crippen LogP contribution in [0.5, 0.6) is 0 Å². The molecule has 0 unspecified atom stereocenters. The highest BCUT2D eigenvalue weighted by molar-refractivity contribution is 8.00. The van der Waals surface area contributed by atoms with Crippen molar-refractivity contribution in [2.24, 2.45) is 5.92 Å². The minimum atomic E-state index is 0.0821.